The first-order chi connectivity index (χ1) is 13.7. The highest BCUT2D eigenvalue weighted by molar-refractivity contribution is 7.13. The first-order valence-corrected chi connectivity index (χ1v) is 10.6. The van der Waals surface area contributed by atoms with E-state index in [0.29, 0.717) is 30.5 Å². The van der Waals surface area contributed by atoms with Crippen molar-refractivity contribution in [3.63, 3.8) is 0 Å². The Balaban J connectivity index is 1.22. The largest absolute Gasteiger partial charge is 0.337 e. The molecule has 1 amide bonds. The van der Waals surface area contributed by atoms with Crippen molar-refractivity contribution < 1.29 is 9.32 Å². The number of nitrogens with one attached hydrogen (secondary N) is 1. The highest BCUT2D eigenvalue weighted by Crippen LogP contribution is 2.27. The zero-order valence-corrected chi connectivity index (χ0v) is 16.5. The number of thiophene rings is 1. The predicted octanol–water partition coefficient (Wildman–Crippen LogP) is 2.53. The van der Waals surface area contributed by atoms with Gasteiger partial charge in [0.1, 0.15) is 0 Å². The number of hydrogen-bond acceptors (Lipinski definition) is 7. The van der Waals surface area contributed by atoms with Crippen LogP contribution < -0.4 is 0 Å². The first-order valence-electron chi connectivity index (χ1n) is 9.67. The minimum absolute atomic E-state index is 0.0214. The molecule has 0 saturated carbocycles. The fraction of sp³-hybridized carbons (Fsp3) is 0.474. The van der Waals surface area contributed by atoms with Gasteiger partial charge in [0, 0.05) is 37.4 Å². The minimum atomic E-state index is 0.0214. The van der Waals surface area contributed by atoms with Crippen LogP contribution in [0.4, 0.5) is 0 Å². The Bertz CT molecular complexity index is 971. The third-order valence-electron chi connectivity index (χ3n) is 5.70. The lowest BCUT2D eigenvalue weighted by Crippen LogP contribution is -2.49. The Hall–Kier alpha value is -2.52. The van der Waals surface area contributed by atoms with Crippen molar-refractivity contribution in [2.75, 3.05) is 26.2 Å². The third kappa shape index (κ3) is 3.04. The molecule has 0 spiro atoms. The molecule has 1 unspecified atom stereocenters. The van der Waals surface area contributed by atoms with Gasteiger partial charge in [-0.3, -0.25) is 14.8 Å². The van der Waals surface area contributed by atoms with Gasteiger partial charge in [-0.15, -0.1) is 11.3 Å². The maximum Gasteiger partial charge on any atom is 0.274 e. The summed E-state index contributed by atoms with van der Waals surface area (Å²) >= 11 is 1.60. The molecule has 146 valence electrons. The first kappa shape index (κ1) is 17.6. The van der Waals surface area contributed by atoms with E-state index in [9.17, 15) is 4.79 Å². The van der Waals surface area contributed by atoms with Crippen LogP contribution >= 0.6 is 11.3 Å². The topological polar surface area (TPSA) is 91.2 Å². The summed E-state index contributed by atoms with van der Waals surface area (Å²) in [6.07, 6.45) is 3.05. The second kappa shape index (κ2) is 7.14. The summed E-state index contributed by atoms with van der Waals surface area (Å²) in [5, 5.41) is 13.4. The molecule has 4 heterocycles. The molecule has 5 rings (SSSR count). The highest BCUT2D eigenvalue weighted by Gasteiger charge is 2.31. The van der Waals surface area contributed by atoms with Crippen LogP contribution in [0.25, 0.3) is 10.7 Å². The molecule has 1 aliphatic heterocycles. The lowest BCUT2D eigenvalue weighted by atomic mass is 10.1. The van der Waals surface area contributed by atoms with Crippen molar-refractivity contribution in [2.45, 2.75) is 32.2 Å². The number of carbonyl (C=O) groups is 1. The van der Waals surface area contributed by atoms with Crippen molar-refractivity contribution in [2.24, 2.45) is 0 Å². The van der Waals surface area contributed by atoms with Crippen LogP contribution in [0, 0.1) is 0 Å². The number of rotatable bonds is 4. The van der Waals surface area contributed by atoms with Gasteiger partial charge in [-0.1, -0.05) is 11.2 Å². The number of fused-ring (bicyclic) bond motifs is 1. The second-order valence-electron chi connectivity index (χ2n) is 7.32. The summed E-state index contributed by atoms with van der Waals surface area (Å²) in [5.74, 6) is 1.30. The smallest absolute Gasteiger partial charge is 0.274 e. The van der Waals surface area contributed by atoms with E-state index in [0.717, 1.165) is 48.5 Å². The zero-order valence-electron chi connectivity index (χ0n) is 15.7. The molecule has 2 aliphatic rings. The van der Waals surface area contributed by atoms with E-state index in [2.05, 4.69) is 32.2 Å². The number of aromatic nitrogens is 4. The predicted molar refractivity (Wildman–Crippen MR) is 104 cm³/mol. The zero-order chi connectivity index (χ0) is 19.1. The van der Waals surface area contributed by atoms with Crippen LogP contribution in [0.1, 0.15) is 47.0 Å². The summed E-state index contributed by atoms with van der Waals surface area (Å²) in [7, 11) is 0. The van der Waals surface area contributed by atoms with E-state index in [1.54, 1.807) is 11.3 Å². The third-order valence-corrected chi connectivity index (χ3v) is 6.56. The standard InChI is InChI=1S/C19H22N6O2S/c1-12(18-20-17(23-27-18)15-6-3-11-28-15)24-7-9-25(10-8-24)19(26)16-13-4-2-5-14(13)21-22-16/h3,6,11-12H,2,4-5,7-10H2,1H3,(H,21,22). The average molecular weight is 398 g/mol. The molecule has 3 aromatic heterocycles. The summed E-state index contributed by atoms with van der Waals surface area (Å²) in [6, 6.07) is 3.98. The quantitative estimate of drug-likeness (QED) is 0.726. The number of aryl methyl sites for hydroxylation is 1. The Morgan fingerprint density at radius 1 is 1.29 bits per heavy atom. The van der Waals surface area contributed by atoms with E-state index >= 15 is 0 Å². The van der Waals surface area contributed by atoms with Gasteiger partial charge in [0.15, 0.2) is 5.69 Å². The molecule has 1 N–H and O–H groups in total. The normalized spacial score (nSPS) is 18.4. The lowest BCUT2D eigenvalue weighted by molar-refractivity contribution is 0.0545. The Labute approximate surface area is 166 Å². The maximum absolute atomic E-state index is 12.9. The van der Waals surface area contributed by atoms with E-state index in [1.807, 2.05) is 22.4 Å². The number of carbonyl (C=O) groups excluding carboxylic acids is 1. The lowest BCUT2D eigenvalue weighted by Gasteiger charge is -2.36. The molecule has 28 heavy (non-hydrogen) atoms. The molecule has 0 bridgehead atoms. The Kier molecular flexibility index (Phi) is 4.48. The maximum atomic E-state index is 12.9. The van der Waals surface area contributed by atoms with Crippen LogP contribution in [0.2, 0.25) is 0 Å². The van der Waals surface area contributed by atoms with Crippen molar-refractivity contribution >= 4 is 17.2 Å². The Morgan fingerprint density at radius 3 is 2.93 bits per heavy atom. The van der Waals surface area contributed by atoms with Crippen LogP contribution in [-0.2, 0) is 12.8 Å². The van der Waals surface area contributed by atoms with E-state index in [1.165, 1.54) is 0 Å². The van der Waals surface area contributed by atoms with Gasteiger partial charge in [-0.05, 0) is 37.6 Å². The van der Waals surface area contributed by atoms with Crippen molar-refractivity contribution in [3.8, 4) is 10.7 Å². The number of hydrogen-bond donors (Lipinski definition) is 1. The summed E-state index contributed by atoms with van der Waals surface area (Å²) < 4.78 is 5.50. The van der Waals surface area contributed by atoms with Gasteiger partial charge in [0.25, 0.3) is 5.91 Å². The molecule has 1 fully saturated rings. The number of aromatic amines is 1. The second-order valence-corrected chi connectivity index (χ2v) is 8.27. The van der Waals surface area contributed by atoms with Gasteiger partial charge >= 0.3 is 0 Å². The van der Waals surface area contributed by atoms with Gasteiger partial charge in [0.05, 0.1) is 10.9 Å². The van der Waals surface area contributed by atoms with Gasteiger partial charge in [-0.25, -0.2) is 0 Å². The SMILES string of the molecule is CC(c1nc(-c2cccs2)no1)N1CCN(C(=O)c2n[nH]c3c2CCC3)CC1. The fourth-order valence-electron chi connectivity index (χ4n) is 4.03. The molecule has 8 nitrogen and oxygen atoms in total. The highest BCUT2D eigenvalue weighted by atomic mass is 32.1. The Morgan fingerprint density at radius 2 is 2.14 bits per heavy atom. The molecule has 1 atom stereocenters. The molecule has 0 radical (unpaired) electrons. The fourth-order valence-corrected chi connectivity index (χ4v) is 4.67. The van der Waals surface area contributed by atoms with E-state index in [4.69, 9.17) is 4.52 Å². The van der Waals surface area contributed by atoms with E-state index < -0.39 is 0 Å². The van der Waals surface area contributed by atoms with Crippen LogP contribution in [0.3, 0.4) is 0 Å². The summed E-state index contributed by atoms with van der Waals surface area (Å²) in [6.45, 7) is 4.98. The average Bonchev–Trinajstić information content (AvgIpc) is 3.51. The number of amides is 1. The summed E-state index contributed by atoms with van der Waals surface area (Å²) in [4.78, 5) is 22.6. The molecule has 9 heteroatoms. The minimum Gasteiger partial charge on any atom is -0.337 e. The van der Waals surface area contributed by atoms with Crippen molar-refractivity contribution in [1.82, 2.24) is 30.1 Å². The molecule has 0 aromatic carbocycles. The van der Waals surface area contributed by atoms with E-state index in [-0.39, 0.29) is 11.9 Å². The number of H-pyrrole nitrogens is 1. The van der Waals surface area contributed by atoms with Crippen LogP contribution in [0.5, 0.6) is 0 Å². The van der Waals surface area contributed by atoms with Crippen LogP contribution in [-0.4, -0.2) is 62.2 Å². The monoisotopic (exact) mass is 398 g/mol. The molecular formula is C19H22N6O2S. The van der Waals surface area contributed by atoms with Gasteiger partial charge in [-0.2, -0.15) is 10.1 Å². The molecule has 3 aromatic rings. The number of piperazine rings is 1. The van der Waals surface area contributed by atoms with Gasteiger partial charge < -0.3 is 9.42 Å². The molecule has 1 aliphatic carbocycles. The van der Waals surface area contributed by atoms with Gasteiger partial charge in [0.2, 0.25) is 11.7 Å². The van der Waals surface area contributed by atoms with Crippen LogP contribution in [0.15, 0.2) is 22.0 Å². The van der Waals surface area contributed by atoms with Crippen molar-refractivity contribution in [1.29, 1.82) is 0 Å². The molecule has 1 saturated heterocycles. The van der Waals surface area contributed by atoms with Crippen molar-refractivity contribution in [3.05, 3.63) is 40.4 Å². The molecular weight excluding hydrogens is 376 g/mol. The summed E-state index contributed by atoms with van der Waals surface area (Å²) in [5.41, 5.74) is 2.87. The number of nitrogens with zero attached hydrogens (tertiary/aromatic N) is 5.